The Balaban J connectivity index is 1.92. The molecule has 25 nitrogen and oxygen atoms in total. The first-order valence-electron chi connectivity index (χ1n) is 48.3. The van der Waals surface area contributed by atoms with Crippen molar-refractivity contribution < 1.29 is 122 Å². The first-order chi connectivity index (χ1) is 57.6. The normalized spacial score (nSPS) is 25.1. The Labute approximate surface area is 718 Å². The van der Waals surface area contributed by atoms with Crippen molar-refractivity contribution in [3.05, 3.63) is 12.2 Å². The molecule has 10 N–H and O–H groups in total. The van der Waals surface area contributed by atoms with Crippen LogP contribution in [0.2, 0.25) is 0 Å². The third-order valence-electron chi connectivity index (χ3n) is 23.9. The fourth-order valence-electron chi connectivity index (χ4n) is 16.1. The van der Waals surface area contributed by atoms with Gasteiger partial charge in [0, 0.05) is 25.7 Å². The van der Waals surface area contributed by atoms with Gasteiger partial charge in [0.15, 0.2) is 24.8 Å². The summed E-state index contributed by atoms with van der Waals surface area (Å²) in [6.45, 7) is 7.93. The maximum atomic E-state index is 14.9. The van der Waals surface area contributed by atoms with Crippen LogP contribution in [0.15, 0.2) is 12.2 Å². The van der Waals surface area contributed by atoms with Gasteiger partial charge in [-0.3, -0.25) is 28.2 Å². The molecule has 2 heterocycles. The van der Waals surface area contributed by atoms with Gasteiger partial charge < -0.3 is 88.7 Å². The van der Waals surface area contributed by atoms with E-state index in [-0.39, 0.29) is 25.7 Å². The molecular weight excluding hydrogens is 1550 g/mol. The molecule has 3 rings (SSSR count). The number of allylic oxidation sites excluding steroid dienone is 2. The number of aliphatic hydroxyl groups excluding tert-OH is 9. The Bertz CT molecular complexity index is 2530. The number of carbonyl (C=O) groups is 4. The molecule has 1 aliphatic carbocycles. The summed E-state index contributed by atoms with van der Waals surface area (Å²) in [5.74, 6) is -2.30. The van der Waals surface area contributed by atoms with Crippen molar-refractivity contribution in [2.24, 2.45) is 5.92 Å². The Morgan fingerprint density at radius 2 is 0.681 bits per heavy atom. The Hall–Kier alpha value is -2.79. The van der Waals surface area contributed by atoms with Gasteiger partial charge >= 0.3 is 31.7 Å². The third kappa shape index (κ3) is 51.6. The minimum Gasteiger partial charge on any atom is -0.463 e. The summed E-state index contributed by atoms with van der Waals surface area (Å²) >= 11 is 0. The second-order valence-corrected chi connectivity index (χ2v) is 36.3. The predicted molar refractivity (Wildman–Crippen MR) is 463 cm³/mol. The molecule has 2 saturated heterocycles. The molecule has 0 aromatic heterocycles. The van der Waals surface area contributed by atoms with Crippen LogP contribution in [0, 0.1) is 5.92 Å². The molecule has 0 aromatic carbocycles. The average Bonchev–Trinajstić information content (AvgIpc) is 0.754. The molecule has 0 aromatic rings. The van der Waals surface area contributed by atoms with Gasteiger partial charge in [-0.15, -0.1) is 0 Å². The lowest BCUT2D eigenvalue weighted by atomic mass is 9.84. The van der Waals surface area contributed by atoms with E-state index >= 15 is 0 Å². The summed E-state index contributed by atoms with van der Waals surface area (Å²) < 4.78 is 73.5. The molecule has 19 atom stereocenters. The van der Waals surface area contributed by atoms with Crippen LogP contribution in [0.25, 0.3) is 0 Å². The fraction of sp³-hybridized carbons (Fsp3) is 0.935. The monoisotopic (exact) mass is 1720 g/mol. The van der Waals surface area contributed by atoms with E-state index in [1.807, 2.05) is 0 Å². The second kappa shape index (κ2) is 71.3. The van der Waals surface area contributed by atoms with Crippen molar-refractivity contribution in [1.82, 2.24) is 0 Å². The number of phosphoric acid groups is 1. The summed E-state index contributed by atoms with van der Waals surface area (Å²) in [6, 6.07) is 0. The van der Waals surface area contributed by atoms with Crippen LogP contribution in [-0.2, 0) is 70.7 Å². The molecule has 0 spiro atoms. The van der Waals surface area contributed by atoms with Crippen LogP contribution in [-0.4, -0.2) is 205 Å². The Morgan fingerprint density at radius 3 is 1.09 bits per heavy atom. The van der Waals surface area contributed by atoms with Gasteiger partial charge in [-0.1, -0.05) is 355 Å². The SMILES string of the molecule is CCCCCCCC/C=C\CCCCCC(=O)OCC(COP(=O)(O)OC1C(OC2OC(CO)C(O)C(O)C2O)C(O)C(O)C(OC(=O)CCCCCCCCCCCCCCCCCC)C1OC1OC(COC(=O)CCCCCCCCCCCCCCCCC)C(O)C(O)C1O)OC(=O)CCCCCCCCC(C)CCCCCCCC. The third-order valence-corrected chi connectivity index (χ3v) is 24.9. The second-order valence-electron chi connectivity index (χ2n) is 34.9. The van der Waals surface area contributed by atoms with E-state index in [1.54, 1.807) is 0 Å². The number of ether oxygens (including phenoxy) is 8. The number of phosphoric ester groups is 1. The van der Waals surface area contributed by atoms with Gasteiger partial charge in [-0.25, -0.2) is 4.57 Å². The molecule has 0 bridgehead atoms. The molecule has 26 heteroatoms. The lowest BCUT2D eigenvalue weighted by Crippen LogP contribution is -2.70. The largest absolute Gasteiger partial charge is 0.472 e. The van der Waals surface area contributed by atoms with Crippen molar-refractivity contribution in [2.45, 2.75) is 524 Å². The number of hydrogen-bond donors (Lipinski definition) is 10. The van der Waals surface area contributed by atoms with Crippen LogP contribution >= 0.6 is 7.82 Å². The highest BCUT2D eigenvalue weighted by molar-refractivity contribution is 7.47. The zero-order chi connectivity index (χ0) is 86.9. The Morgan fingerprint density at radius 1 is 0.353 bits per heavy atom. The minimum absolute atomic E-state index is 0.0157. The fourth-order valence-corrected chi connectivity index (χ4v) is 17.1. The topological polar surface area (TPSA) is 380 Å². The molecule has 0 radical (unpaired) electrons. The van der Waals surface area contributed by atoms with Crippen molar-refractivity contribution in [3.8, 4) is 0 Å². The highest BCUT2D eigenvalue weighted by Gasteiger charge is 2.60. The van der Waals surface area contributed by atoms with Gasteiger partial charge in [0.2, 0.25) is 0 Å². The molecule has 0 amide bonds. The number of aliphatic hydroxyl groups is 9. The van der Waals surface area contributed by atoms with Crippen LogP contribution < -0.4 is 0 Å². The molecule has 1 saturated carbocycles. The van der Waals surface area contributed by atoms with Crippen LogP contribution in [0.1, 0.15) is 420 Å². The maximum absolute atomic E-state index is 14.9. The van der Waals surface area contributed by atoms with E-state index in [2.05, 4.69) is 46.8 Å². The van der Waals surface area contributed by atoms with Crippen LogP contribution in [0.4, 0.5) is 0 Å². The van der Waals surface area contributed by atoms with Crippen LogP contribution in [0.3, 0.4) is 0 Å². The molecule has 119 heavy (non-hydrogen) atoms. The first-order valence-corrected chi connectivity index (χ1v) is 49.8. The molecule has 700 valence electrons. The lowest BCUT2D eigenvalue weighted by Gasteiger charge is -2.50. The van der Waals surface area contributed by atoms with E-state index in [1.165, 1.54) is 199 Å². The highest BCUT2D eigenvalue weighted by Crippen LogP contribution is 2.49. The molecule has 3 fully saturated rings. The smallest absolute Gasteiger partial charge is 0.463 e. The Kier molecular flexibility index (Phi) is 66.1. The lowest BCUT2D eigenvalue weighted by molar-refractivity contribution is -0.360. The number of hydrogen-bond acceptors (Lipinski definition) is 24. The summed E-state index contributed by atoms with van der Waals surface area (Å²) in [4.78, 5) is 66.6. The zero-order valence-electron chi connectivity index (χ0n) is 74.8. The van der Waals surface area contributed by atoms with E-state index in [0.717, 1.165) is 128 Å². The molecular formula is C93H173O25P. The van der Waals surface area contributed by atoms with Gasteiger partial charge in [-0.2, -0.15) is 0 Å². The van der Waals surface area contributed by atoms with E-state index < -0.39 is 162 Å². The molecule has 2 aliphatic heterocycles. The van der Waals surface area contributed by atoms with E-state index in [0.29, 0.717) is 38.0 Å². The van der Waals surface area contributed by atoms with Gasteiger partial charge in [0.1, 0.15) is 92.6 Å². The van der Waals surface area contributed by atoms with Gasteiger partial charge in [-0.05, 0) is 57.3 Å². The summed E-state index contributed by atoms with van der Waals surface area (Å²) in [7, 11) is -5.81. The van der Waals surface area contributed by atoms with Crippen molar-refractivity contribution in [2.75, 3.05) is 26.4 Å². The number of rotatable bonds is 78. The minimum atomic E-state index is -5.81. The first kappa shape index (κ1) is 110. The highest BCUT2D eigenvalue weighted by atomic mass is 31.2. The van der Waals surface area contributed by atoms with Gasteiger partial charge in [0.05, 0.1) is 13.2 Å². The van der Waals surface area contributed by atoms with Crippen molar-refractivity contribution >= 4 is 31.7 Å². The van der Waals surface area contributed by atoms with Gasteiger partial charge in [0.25, 0.3) is 0 Å². The van der Waals surface area contributed by atoms with Crippen molar-refractivity contribution in [1.29, 1.82) is 0 Å². The van der Waals surface area contributed by atoms with E-state index in [4.69, 9.17) is 46.9 Å². The quantitative estimate of drug-likeness (QED) is 0.00889. The summed E-state index contributed by atoms with van der Waals surface area (Å²) in [5, 5.41) is 102. The summed E-state index contributed by atoms with van der Waals surface area (Å²) in [5.41, 5.74) is 0. The number of esters is 4. The average molecular weight is 1720 g/mol. The standard InChI is InChI=1S/C93H173O25P/c1-6-10-14-18-22-25-28-31-33-35-38-41-44-47-54-61-67-79(98)115-88-84(103)85(104)89(116-92-86(105)82(101)80(99)74(68-94)113-92)91(90(88)117-93-87(106)83(102)81(100)75(114-93)71-110-77(96)65-59-53-46-43-40-37-34-32-29-26-23-19-15-11-7-2)118-119(107,108)111-70-73(69-109-76(95)64-58-52-45-42-39-36-30-27-24-20-16-12-8-3)112-78(97)66-60-55-49-48-51-57-63-72(5)62-56-50-21-17-13-9-4/h36,39,72-75,80-94,99-106H,6-35,37-38,40-71H2,1-5H3,(H,107,108)/b39-36-. The maximum Gasteiger partial charge on any atom is 0.472 e. The number of unbranched alkanes of at least 4 members (excludes halogenated alkanes) is 48. The van der Waals surface area contributed by atoms with Crippen LogP contribution in [0.5, 0.6) is 0 Å². The van der Waals surface area contributed by atoms with Crippen molar-refractivity contribution in [3.63, 3.8) is 0 Å². The molecule has 19 unspecified atom stereocenters. The predicted octanol–water partition coefficient (Wildman–Crippen LogP) is 18.2. The van der Waals surface area contributed by atoms with E-state index in [9.17, 15) is 74.6 Å². The zero-order valence-corrected chi connectivity index (χ0v) is 75.7. The number of carbonyl (C=O) groups excluding carboxylic acids is 4. The molecule has 3 aliphatic rings. The summed E-state index contributed by atoms with van der Waals surface area (Å²) in [6.07, 6.45) is 29.1.